The minimum Gasteiger partial charge on any atom is -0.383 e. The third kappa shape index (κ3) is 2.26. The Morgan fingerprint density at radius 3 is 2.41 bits per heavy atom. The van der Waals surface area contributed by atoms with Gasteiger partial charge in [-0.25, -0.2) is 4.98 Å². The molecule has 0 atom stereocenters. The van der Waals surface area contributed by atoms with Gasteiger partial charge in [0.05, 0.1) is 0 Å². The molecule has 3 aromatic rings. The summed E-state index contributed by atoms with van der Waals surface area (Å²) in [5, 5.41) is 11.6. The minimum absolute atomic E-state index is 0.294. The number of nitrogens with two attached hydrogens (primary N) is 1. The van der Waals surface area contributed by atoms with E-state index in [2.05, 4.69) is 17.1 Å². The Balaban J connectivity index is 2.45. The fourth-order valence-electron chi connectivity index (χ4n) is 2.65. The Morgan fingerprint density at radius 1 is 1.09 bits per heavy atom. The summed E-state index contributed by atoms with van der Waals surface area (Å²) < 4.78 is 0. The van der Waals surface area contributed by atoms with Gasteiger partial charge < -0.3 is 5.73 Å². The molecule has 3 nitrogen and oxygen atoms in total. The van der Waals surface area contributed by atoms with Crippen molar-refractivity contribution in [2.75, 3.05) is 5.73 Å². The molecule has 0 aliphatic heterocycles. The van der Waals surface area contributed by atoms with Crippen molar-refractivity contribution >= 4 is 17.2 Å². The summed E-state index contributed by atoms with van der Waals surface area (Å²) in [6.07, 6.45) is 0. The SMILES string of the molecule is Cc1ccsc1-c1c(C#N)c(N)nc(C)c1-c1ccccc1. The molecule has 2 N–H and O–H groups in total. The number of hydrogen-bond acceptors (Lipinski definition) is 4. The van der Waals surface area contributed by atoms with Crippen LogP contribution in [0, 0.1) is 25.2 Å². The standard InChI is InChI=1S/C18H15N3S/c1-11-8-9-22-17(11)16-14(10-19)18(20)21-12(2)15(16)13-6-4-3-5-7-13/h3-9H,1-2H3,(H2,20,21). The highest BCUT2D eigenvalue weighted by Crippen LogP contribution is 2.42. The summed E-state index contributed by atoms with van der Waals surface area (Å²) in [7, 11) is 0. The number of pyridine rings is 1. The Labute approximate surface area is 133 Å². The summed E-state index contributed by atoms with van der Waals surface area (Å²) in [4.78, 5) is 5.46. The average molecular weight is 305 g/mol. The van der Waals surface area contributed by atoms with Crippen molar-refractivity contribution in [1.82, 2.24) is 4.98 Å². The van der Waals surface area contributed by atoms with Gasteiger partial charge in [0.15, 0.2) is 0 Å². The molecule has 0 aliphatic rings. The van der Waals surface area contributed by atoms with Gasteiger partial charge in [-0.15, -0.1) is 11.3 Å². The van der Waals surface area contributed by atoms with Crippen LogP contribution < -0.4 is 5.73 Å². The number of rotatable bonds is 2. The van der Waals surface area contributed by atoms with Crippen molar-refractivity contribution in [2.24, 2.45) is 0 Å². The molecule has 2 aromatic heterocycles. The molecule has 0 aliphatic carbocycles. The molecule has 0 fully saturated rings. The first-order chi connectivity index (χ1) is 10.6. The maximum Gasteiger partial charge on any atom is 0.142 e. The normalized spacial score (nSPS) is 10.4. The fourth-order valence-corrected chi connectivity index (χ4v) is 3.64. The van der Waals surface area contributed by atoms with Crippen molar-refractivity contribution in [2.45, 2.75) is 13.8 Å². The van der Waals surface area contributed by atoms with E-state index in [1.165, 1.54) is 0 Å². The lowest BCUT2D eigenvalue weighted by molar-refractivity contribution is 1.20. The number of anilines is 1. The summed E-state index contributed by atoms with van der Waals surface area (Å²) in [5.41, 5.74) is 11.4. The van der Waals surface area contributed by atoms with E-state index in [4.69, 9.17) is 5.73 Å². The largest absolute Gasteiger partial charge is 0.383 e. The maximum absolute atomic E-state index is 9.59. The lowest BCUT2D eigenvalue weighted by atomic mass is 9.93. The van der Waals surface area contributed by atoms with E-state index in [-0.39, 0.29) is 0 Å². The molecule has 0 spiro atoms. The molecule has 0 amide bonds. The average Bonchev–Trinajstić information content (AvgIpc) is 2.93. The maximum atomic E-state index is 9.59. The highest BCUT2D eigenvalue weighted by atomic mass is 32.1. The van der Waals surface area contributed by atoms with Crippen LogP contribution in [0.3, 0.4) is 0 Å². The van der Waals surface area contributed by atoms with E-state index in [0.29, 0.717) is 11.4 Å². The van der Waals surface area contributed by atoms with Crippen LogP contribution in [0.25, 0.3) is 21.6 Å². The van der Waals surface area contributed by atoms with Gasteiger partial charge in [0, 0.05) is 21.7 Å². The predicted octanol–water partition coefficient (Wildman–Crippen LogP) is 4.55. The summed E-state index contributed by atoms with van der Waals surface area (Å²) in [6, 6.07) is 14.3. The molecule has 108 valence electrons. The van der Waals surface area contributed by atoms with E-state index in [9.17, 15) is 5.26 Å². The number of thiophene rings is 1. The second kappa shape index (κ2) is 5.63. The first-order valence-corrected chi connectivity index (χ1v) is 7.81. The van der Waals surface area contributed by atoms with Crippen LogP contribution in [-0.2, 0) is 0 Å². The van der Waals surface area contributed by atoms with E-state index in [1.807, 2.05) is 49.6 Å². The third-order valence-electron chi connectivity index (χ3n) is 3.67. The van der Waals surface area contributed by atoms with Crippen LogP contribution in [0.1, 0.15) is 16.8 Å². The van der Waals surface area contributed by atoms with E-state index in [1.54, 1.807) is 11.3 Å². The molecule has 0 bridgehead atoms. The molecule has 1 aromatic carbocycles. The first kappa shape index (κ1) is 14.3. The Morgan fingerprint density at radius 2 is 1.82 bits per heavy atom. The summed E-state index contributed by atoms with van der Waals surface area (Å²) in [6.45, 7) is 3.99. The zero-order chi connectivity index (χ0) is 15.7. The van der Waals surface area contributed by atoms with Crippen molar-refractivity contribution in [3.63, 3.8) is 0 Å². The predicted molar refractivity (Wildman–Crippen MR) is 91.6 cm³/mol. The number of benzene rings is 1. The van der Waals surface area contributed by atoms with Gasteiger partial charge in [0.25, 0.3) is 0 Å². The smallest absolute Gasteiger partial charge is 0.142 e. The molecule has 4 heteroatoms. The summed E-state index contributed by atoms with van der Waals surface area (Å²) >= 11 is 1.62. The van der Waals surface area contributed by atoms with Gasteiger partial charge in [0.1, 0.15) is 17.5 Å². The number of aryl methyl sites for hydroxylation is 2. The lowest BCUT2D eigenvalue weighted by Gasteiger charge is -2.15. The highest BCUT2D eigenvalue weighted by Gasteiger charge is 2.21. The van der Waals surface area contributed by atoms with Crippen LogP contribution in [0.4, 0.5) is 5.82 Å². The van der Waals surface area contributed by atoms with Crippen molar-refractivity contribution in [1.29, 1.82) is 5.26 Å². The first-order valence-electron chi connectivity index (χ1n) is 6.93. The van der Waals surface area contributed by atoms with Crippen LogP contribution in [0.2, 0.25) is 0 Å². The third-order valence-corrected chi connectivity index (χ3v) is 4.70. The molecular formula is C18H15N3S. The van der Waals surface area contributed by atoms with Crippen molar-refractivity contribution < 1.29 is 0 Å². The fraction of sp³-hybridized carbons (Fsp3) is 0.111. The van der Waals surface area contributed by atoms with E-state index in [0.717, 1.165) is 32.8 Å². The number of nitrogen functional groups attached to an aromatic ring is 1. The monoisotopic (exact) mass is 305 g/mol. The summed E-state index contributed by atoms with van der Waals surface area (Å²) in [5.74, 6) is 0.294. The number of aromatic nitrogens is 1. The number of hydrogen-bond donors (Lipinski definition) is 1. The van der Waals surface area contributed by atoms with E-state index >= 15 is 0 Å². The van der Waals surface area contributed by atoms with Crippen LogP contribution in [-0.4, -0.2) is 4.98 Å². The van der Waals surface area contributed by atoms with Crippen molar-refractivity contribution in [3.8, 4) is 27.6 Å². The Hall–Kier alpha value is -2.64. The van der Waals surface area contributed by atoms with Gasteiger partial charge in [0.2, 0.25) is 0 Å². The Kier molecular flexibility index (Phi) is 3.66. The molecule has 22 heavy (non-hydrogen) atoms. The molecule has 2 heterocycles. The van der Waals surface area contributed by atoms with Gasteiger partial charge in [-0.2, -0.15) is 5.26 Å². The van der Waals surface area contributed by atoms with Gasteiger partial charge in [-0.1, -0.05) is 30.3 Å². The number of nitrogens with zero attached hydrogens (tertiary/aromatic N) is 2. The molecule has 0 saturated carbocycles. The highest BCUT2D eigenvalue weighted by molar-refractivity contribution is 7.13. The molecular weight excluding hydrogens is 290 g/mol. The van der Waals surface area contributed by atoms with Crippen LogP contribution >= 0.6 is 11.3 Å². The van der Waals surface area contributed by atoms with Crippen LogP contribution in [0.5, 0.6) is 0 Å². The molecule has 0 saturated heterocycles. The van der Waals surface area contributed by atoms with Crippen LogP contribution in [0.15, 0.2) is 41.8 Å². The van der Waals surface area contributed by atoms with Gasteiger partial charge >= 0.3 is 0 Å². The lowest BCUT2D eigenvalue weighted by Crippen LogP contribution is -2.03. The second-order valence-electron chi connectivity index (χ2n) is 5.12. The minimum atomic E-state index is 0.294. The molecule has 0 unspecified atom stereocenters. The van der Waals surface area contributed by atoms with Gasteiger partial charge in [-0.3, -0.25) is 0 Å². The van der Waals surface area contributed by atoms with Gasteiger partial charge in [-0.05, 0) is 36.4 Å². The second-order valence-corrected chi connectivity index (χ2v) is 6.03. The Bertz CT molecular complexity index is 873. The molecule has 0 radical (unpaired) electrons. The van der Waals surface area contributed by atoms with Crippen molar-refractivity contribution in [3.05, 3.63) is 58.6 Å². The topological polar surface area (TPSA) is 62.7 Å². The number of nitriles is 1. The zero-order valence-corrected chi connectivity index (χ0v) is 13.2. The van der Waals surface area contributed by atoms with E-state index < -0.39 is 0 Å². The zero-order valence-electron chi connectivity index (χ0n) is 12.4. The quantitative estimate of drug-likeness (QED) is 0.755. The molecule has 3 rings (SSSR count).